The fourth-order valence-electron chi connectivity index (χ4n) is 2.35. The molecule has 1 aromatic carbocycles. The molecule has 7 nitrogen and oxygen atoms in total. The molecule has 116 valence electrons. The lowest BCUT2D eigenvalue weighted by Gasteiger charge is -2.29. The highest BCUT2D eigenvalue weighted by Gasteiger charge is 2.27. The van der Waals surface area contributed by atoms with Crippen LogP contribution in [0.3, 0.4) is 0 Å². The Kier molecular flexibility index (Phi) is 4.50. The van der Waals surface area contributed by atoms with Gasteiger partial charge in [0, 0.05) is 11.7 Å². The van der Waals surface area contributed by atoms with Gasteiger partial charge >= 0.3 is 5.97 Å². The number of piperidine rings is 1. The molecule has 1 aliphatic heterocycles. The van der Waals surface area contributed by atoms with Gasteiger partial charge < -0.3 is 15.7 Å². The molecule has 4 N–H and O–H groups in total. The number of likely N-dealkylation sites (tertiary alicyclic amines) is 1. The lowest BCUT2D eigenvalue weighted by atomic mass is 10.1. The number of nitrogens with one attached hydrogen (secondary N) is 1. The fourth-order valence-corrected chi connectivity index (χ4v) is 3.88. The summed E-state index contributed by atoms with van der Waals surface area (Å²) >= 11 is 0. The van der Waals surface area contributed by atoms with E-state index in [0.717, 1.165) is 13.1 Å². The Morgan fingerprint density at radius 2 is 2.00 bits per heavy atom. The number of nitrogens with two attached hydrogens (primary N) is 1. The van der Waals surface area contributed by atoms with Crippen LogP contribution in [0.4, 0.5) is 5.69 Å². The average Bonchev–Trinajstić information content (AvgIpc) is 2.41. The van der Waals surface area contributed by atoms with Crippen molar-refractivity contribution in [3.8, 4) is 0 Å². The molecular formula is C13H19N3O4S. The molecule has 0 aromatic heterocycles. The number of rotatable bonds is 4. The summed E-state index contributed by atoms with van der Waals surface area (Å²) in [4.78, 5) is 13.0. The Hall–Kier alpha value is -1.64. The summed E-state index contributed by atoms with van der Waals surface area (Å²) in [7, 11) is -1.93. The summed E-state index contributed by atoms with van der Waals surface area (Å²) in [6, 6.07) is 3.58. The van der Waals surface area contributed by atoms with Crippen molar-refractivity contribution < 1.29 is 18.3 Å². The first-order chi connectivity index (χ1) is 9.79. The highest BCUT2D eigenvalue weighted by atomic mass is 32.2. The second-order valence-electron chi connectivity index (χ2n) is 5.26. The number of hydrogen-bond acceptors (Lipinski definition) is 5. The van der Waals surface area contributed by atoms with Crippen molar-refractivity contribution >= 4 is 21.7 Å². The zero-order chi connectivity index (χ0) is 15.6. The molecule has 0 atom stereocenters. The van der Waals surface area contributed by atoms with Gasteiger partial charge in [-0.3, -0.25) is 0 Å². The van der Waals surface area contributed by atoms with E-state index in [1.54, 1.807) is 0 Å². The van der Waals surface area contributed by atoms with E-state index in [4.69, 9.17) is 10.8 Å². The first-order valence-electron chi connectivity index (χ1n) is 6.63. The van der Waals surface area contributed by atoms with Crippen molar-refractivity contribution in [1.29, 1.82) is 0 Å². The molecule has 1 aromatic rings. The minimum atomic E-state index is -3.90. The van der Waals surface area contributed by atoms with E-state index in [1.165, 1.54) is 18.2 Å². The Morgan fingerprint density at radius 3 is 2.57 bits per heavy atom. The van der Waals surface area contributed by atoms with Gasteiger partial charge in [-0.25, -0.2) is 17.9 Å². The van der Waals surface area contributed by atoms with Crippen LogP contribution in [-0.2, 0) is 10.0 Å². The predicted octanol–water partition coefficient (Wildman–Crippen LogP) is 0.340. The monoisotopic (exact) mass is 313 g/mol. The summed E-state index contributed by atoms with van der Waals surface area (Å²) in [5.74, 6) is -1.29. The number of anilines is 1. The van der Waals surface area contributed by atoms with Crippen molar-refractivity contribution in [2.75, 3.05) is 25.9 Å². The molecule has 1 saturated heterocycles. The van der Waals surface area contributed by atoms with Crippen LogP contribution in [-0.4, -0.2) is 50.6 Å². The highest BCUT2D eigenvalue weighted by molar-refractivity contribution is 7.89. The van der Waals surface area contributed by atoms with Crippen molar-refractivity contribution in [1.82, 2.24) is 9.62 Å². The van der Waals surface area contributed by atoms with Crippen LogP contribution < -0.4 is 10.5 Å². The maximum absolute atomic E-state index is 12.4. The quantitative estimate of drug-likeness (QED) is 0.691. The van der Waals surface area contributed by atoms with E-state index in [2.05, 4.69) is 9.62 Å². The SMILES string of the molecule is CN1CCC(NS(=O)(=O)c2cc(N)ccc2C(=O)O)CC1. The number of benzene rings is 1. The van der Waals surface area contributed by atoms with Gasteiger partial charge in [0.25, 0.3) is 0 Å². The van der Waals surface area contributed by atoms with Gasteiger partial charge in [0.15, 0.2) is 0 Å². The van der Waals surface area contributed by atoms with Gasteiger partial charge in [-0.15, -0.1) is 0 Å². The van der Waals surface area contributed by atoms with Crippen LogP contribution in [0.1, 0.15) is 23.2 Å². The minimum absolute atomic E-state index is 0.186. The standard InChI is InChI=1S/C13H19N3O4S/c1-16-6-4-10(5-7-16)15-21(19,20)12-8-9(14)2-3-11(12)13(17)18/h2-3,8,10,15H,4-7,14H2,1H3,(H,17,18). The van der Waals surface area contributed by atoms with Crippen molar-refractivity contribution in [3.63, 3.8) is 0 Å². The van der Waals surface area contributed by atoms with Crippen LogP contribution >= 0.6 is 0 Å². The molecule has 0 bridgehead atoms. The molecular weight excluding hydrogens is 294 g/mol. The lowest BCUT2D eigenvalue weighted by molar-refractivity contribution is 0.0692. The second kappa shape index (κ2) is 6.00. The Labute approximate surface area is 123 Å². The molecule has 0 unspecified atom stereocenters. The third kappa shape index (κ3) is 3.72. The second-order valence-corrected chi connectivity index (χ2v) is 6.94. The Morgan fingerprint density at radius 1 is 1.38 bits per heavy atom. The maximum atomic E-state index is 12.4. The van der Waals surface area contributed by atoms with Gasteiger partial charge in [0.2, 0.25) is 10.0 Å². The first kappa shape index (κ1) is 15.7. The van der Waals surface area contributed by atoms with Crippen LogP contribution in [0.5, 0.6) is 0 Å². The van der Waals surface area contributed by atoms with E-state index in [0.29, 0.717) is 12.8 Å². The molecule has 8 heteroatoms. The summed E-state index contributed by atoms with van der Waals surface area (Å²) in [5.41, 5.74) is 5.52. The number of aromatic carboxylic acids is 1. The van der Waals surface area contributed by atoms with Gasteiger partial charge in [-0.2, -0.15) is 0 Å². The van der Waals surface area contributed by atoms with Gasteiger partial charge in [0.1, 0.15) is 0 Å². The average molecular weight is 313 g/mol. The highest BCUT2D eigenvalue weighted by Crippen LogP contribution is 2.21. The molecule has 0 radical (unpaired) electrons. The molecule has 21 heavy (non-hydrogen) atoms. The number of carboxylic acids is 1. The zero-order valence-corrected chi connectivity index (χ0v) is 12.6. The number of sulfonamides is 1. The van der Waals surface area contributed by atoms with Gasteiger partial charge in [0.05, 0.1) is 10.5 Å². The summed E-state index contributed by atoms with van der Waals surface area (Å²) in [5, 5.41) is 9.12. The molecule has 1 heterocycles. The summed E-state index contributed by atoms with van der Waals surface area (Å²) < 4.78 is 27.4. The zero-order valence-electron chi connectivity index (χ0n) is 11.7. The smallest absolute Gasteiger partial charge is 0.337 e. The molecule has 0 spiro atoms. The van der Waals surface area contributed by atoms with Crippen LogP contribution in [0.15, 0.2) is 23.1 Å². The Bertz CT molecular complexity index is 637. The maximum Gasteiger partial charge on any atom is 0.337 e. The van der Waals surface area contributed by atoms with E-state index < -0.39 is 16.0 Å². The van der Waals surface area contributed by atoms with E-state index in [1.807, 2.05) is 7.05 Å². The molecule has 0 saturated carbocycles. The van der Waals surface area contributed by atoms with Gasteiger partial charge in [-0.1, -0.05) is 0 Å². The molecule has 0 amide bonds. The first-order valence-corrected chi connectivity index (χ1v) is 8.11. The third-order valence-electron chi connectivity index (χ3n) is 3.57. The van der Waals surface area contributed by atoms with Crippen molar-refractivity contribution in [3.05, 3.63) is 23.8 Å². The van der Waals surface area contributed by atoms with Crippen molar-refractivity contribution in [2.45, 2.75) is 23.8 Å². The van der Waals surface area contributed by atoms with Crippen LogP contribution in [0.2, 0.25) is 0 Å². The van der Waals surface area contributed by atoms with Crippen LogP contribution in [0, 0.1) is 0 Å². The number of hydrogen-bond donors (Lipinski definition) is 3. The Balaban J connectivity index is 2.27. The normalized spacial score (nSPS) is 17.8. The van der Waals surface area contributed by atoms with E-state index >= 15 is 0 Å². The predicted molar refractivity (Wildman–Crippen MR) is 78.7 cm³/mol. The minimum Gasteiger partial charge on any atom is -0.478 e. The number of carboxylic acid groups (broad SMARTS) is 1. The third-order valence-corrected chi connectivity index (χ3v) is 5.13. The molecule has 0 aliphatic carbocycles. The molecule has 1 aliphatic rings. The van der Waals surface area contributed by atoms with Crippen molar-refractivity contribution in [2.24, 2.45) is 0 Å². The van der Waals surface area contributed by atoms with Gasteiger partial charge in [-0.05, 0) is 51.2 Å². The number of nitrogens with zero attached hydrogens (tertiary/aromatic N) is 1. The largest absolute Gasteiger partial charge is 0.478 e. The molecule has 1 fully saturated rings. The lowest BCUT2D eigenvalue weighted by Crippen LogP contribution is -2.43. The number of nitrogen functional groups attached to an aromatic ring is 1. The van der Waals surface area contributed by atoms with Crippen LogP contribution in [0.25, 0.3) is 0 Å². The molecule has 2 rings (SSSR count). The fraction of sp³-hybridized carbons (Fsp3) is 0.462. The van der Waals surface area contributed by atoms with E-state index in [-0.39, 0.29) is 22.2 Å². The van der Waals surface area contributed by atoms with E-state index in [9.17, 15) is 13.2 Å². The summed E-state index contributed by atoms with van der Waals surface area (Å²) in [6.07, 6.45) is 1.39. The number of carbonyl (C=O) groups is 1. The topological polar surface area (TPSA) is 113 Å². The summed E-state index contributed by atoms with van der Waals surface area (Å²) in [6.45, 7) is 1.60.